The fourth-order valence-corrected chi connectivity index (χ4v) is 3.11. The number of rotatable bonds is 7. The molecule has 0 atom stereocenters. The second kappa shape index (κ2) is 8.74. The Labute approximate surface area is 171 Å². The highest BCUT2D eigenvalue weighted by atomic mass is 35.5. The molecule has 3 N–H and O–H groups in total. The van der Waals surface area contributed by atoms with E-state index in [9.17, 15) is 9.59 Å². The zero-order chi connectivity index (χ0) is 21.0. The Balaban J connectivity index is 1.86. The minimum absolute atomic E-state index is 0.124. The van der Waals surface area contributed by atoms with Crippen LogP contribution in [0.4, 0.5) is 0 Å². The van der Waals surface area contributed by atoms with Gasteiger partial charge in [-0.3, -0.25) is 15.0 Å². The van der Waals surface area contributed by atoms with Crippen molar-refractivity contribution >= 4 is 34.1 Å². The van der Waals surface area contributed by atoms with Crippen molar-refractivity contribution in [2.75, 3.05) is 6.61 Å². The number of hydrogen-bond acceptors (Lipinski definition) is 6. The topological polar surface area (TPSA) is 117 Å². The lowest BCUT2D eigenvalue weighted by atomic mass is 10.1. The predicted molar refractivity (Wildman–Crippen MR) is 110 cm³/mol. The minimum Gasteiger partial charge on any atom is -0.492 e. The molecule has 0 saturated carbocycles. The van der Waals surface area contributed by atoms with Gasteiger partial charge >= 0.3 is 5.97 Å². The molecular formula is C20H19ClN4O4. The van der Waals surface area contributed by atoms with E-state index in [-0.39, 0.29) is 17.3 Å². The summed E-state index contributed by atoms with van der Waals surface area (Å²) >= 11 is 6.17. The smallest absolute Gasteiger partial charge is 0.325 e. The zero-order valence-corrected chi connectivity index (χ0v) is 16.4. The standard InChI is InChI=1S/C20H19ClN4O4/c1-2-29-16-8-7-12(19(22)18(16)21)9-23-10-15-13-5-3-4-6-14(13)20(28)25(24-15)11-17(26)27/h3-9,22-23H,2,10-11H2,1H3,(H,26,27)/b12-9-,22-19?. The van der Waals surface area contributed by atoms with Crippen LogP contribution in [0.2, 0.25) is 0 Å². The Bertz CT molecular complexity index is 1130. The van der Waals surface area contributed by atoms with Gasteiger partial charge < -0.3 is 15.2 Å². The second-order valence-corrected chi connectivity index (χ2v) is 6.53. The Hall–Kier alpha value is -3.39. The highest BCUT2D eigenvalue weighted by Crippen LogP contribution is 2.23. The molecule has 0 spiro atoms. The third-order valence-electron chi connectivity index (χ3n) is 4.19. The highest BCUT2D eigenvalue weighted by molar-refractivity contribution is 6.46. The quantitative estimate of drug-likeness (QED) is 0.640. The van der Waals surface area contributed by atoms with Gasteiger partial charge in [-0.2, -0.15) is 5.10 Å². The molecule has 0 radical (unpaired) electrons. The van der Waals surface area contributed by atoms with E-state index in [0.717, 1.165) is 4.68 Å². The van der Waals surface area contributed by atoms with Crippen molar-refractivity contribution in [3.05, 3.63) is 75.0 Å². The number of halogens is 1. The molecule has 0 unspecified atom stereocenters. The van der Waals surface area contributed by atoms with Crippen molar-refractivity contribution in [2.45, 2.75) is 20.0 Å². The molecule has 0 fully saturated rings. The maximum atomic E-state index is 12.4. The average Bonchev–Trinajstić information content (AvgIpc) is 2.70. The van der Waals surface area contributed by atoms with E-state index in [2.05, 4.69) is 10.4 Å². The molecule has 3 rings (SSSR count). The molecule has 0 saturated heterocycles. The summed E-state index contributed by atoms with van der Waals surface area (Å²) < 4.78 is 6.31. The van der Waals surface area contributed by atoms with Gasteiger partial charge in [-0.1, -0.05) is 29.8 Å². The number of nitrogens with one attached hydrogen (secondary N) is 2. The van der Waals surface area contributed by atoms with Crippen LogP contribution in [0, 0.1) is 5.41 Å². The normalized spacial score (nSPS) is 15.2. The van der Waals surface area contributed by atoms with E-state index in [1.807, 2.05) is 6.92 Å². The van der Waals surface area contributed by atoms with Crippen LogP contribution in [0.3, 0.4) is 0 Å². The summed E-state index contributed by atoms with van der Waals surface area (Å²) in [5.41, 5.74) is 0.740. The molecule has 9 heteroatoms. The maximum Gasteiger partial charge on any atom is 0.325 e. The molecule has 150 valence electrons. The summed E-state index contributed by atoms with van der Waals surface area (Å²) in [4.78, 5) is 23.5. The fourth-order valence-electron chi connectivity index (χ4n) is 2.89. The number of carboxylic acid groups (broad SMARTS) is 1. The summed E-state index contributed by atoms with van der Waals surface area (Å²) in [6.45, 7) is 1.99. The van der Waals surface area contributed by atoms with Gasteiger partial charge in [0, 0.05) is 17.2 Å². The van der Waals surface area contributed by atoms with Crippen molar-refractivity contribution in [2.24, 2.45) is 0 Å². The number of carbonyl (C=O) groups is 1. The van der Waals surface area contributed by atoms with Crippen LogP contribution >= 0.6 is 11.6 Å². The van der Waals surface area contributed by atoms with Gasteiger partial charge in [0.05, 0.1) is 29.9 Å². The van der Waals surface area contributed by atoms with E-state index in [1.54, 1.807) is 42.6 Å². The van der Waals surface area contributed by atoms with Crippen molar-refractivity contribution in [3.8, 4) is 0 Å². The maximum absolute atomic E-state index is 12.4. The number of ether oxygens (including phenoxy) is 1. The molecule has 1 heterocycles. The molecule has 0 bridgehead atoms. The van der Waals surface area contributed by atoms with Gasteiger partial charge in [0.25, 0.3) is 5.56 Å². The third kappa shape index (κ3) is 4.38. The molecule has 2 aromatic rings. The van der Waals surface area contributed by atoms with E-state index < -0.39 is 18.1 Å². The average molecular weight is 415 g/mol. The van der Waals surface area contributed by atoms with Gasteiger partial charge in [0.1, 0.15) is 17.3 Å². The number of allylic oxidation sites excluding steroid dienone is 4. The van der Waals surface area contributed by atoms with E-state index in [0.29, 0.717) is 34.4 Å². The molecule has 29 heavy (non-hydrogen) atoms. The first kappa shape index (κ1) is 20.3. The van der Waals surface area contributed by atoms with E-state index in [4.69, 9.17) is 26.9 Å². The van der Waals surface area contributed by atoms with Gasteiger partial charge in [-0.05, 0) is 25.1 Å². The molecule has 1 aliphatic carbocycles. The molecule has 1 aromatic heterocycles. The van der Waals surface area contributed by atoms with Crippen LogP contribution in [0.1, 0.15) is 12.6 Å². The van der Waals surface area contributed by atoms with Gasteiger partial charge in [-0.25, -0.2) is 4.68 Å². The number of fused-ring (bicyclic) bond motifs is 1. The van der Waals surface area contributed by atoms with Gasteiger partial charge in [0.15, 0.2) is 0 Å². The molecule has 1 aromatic carbocycles. The van der Waals surface area contributed by atoms with E-state index >= 15 is 0 Å². The summed E-state index contributed by atoms with van der Waals surface area (Å²) in [5, 5.41) is 25.7. The van der Waals surface area contributed by atoms with Crippen LogP contribution < -0.4 is 10.9 Å². The molecule has 8 nitrogen and oxygen atoms in total. The second-order valence-electron chi connectivity index (χ2n) is 6.15. The predicted octanol–water partition coefficient (Wildman–Crippen LogP) is 2.53. The Morgan fingerprint density at radius 1 is 1.34 bits per heavy atom. The molecule has 1 aliphatic rings. The van der Waals surface area contributed by atoms with Crippen LogP contribution in [0.15, 0.2) is 63.8 Å². The van der Waals surface area contributed by atoms with Crippen LogP contribution in [0.5, 0.6) is 0 Å². The van der Waals surface area contributed by atoms with Crippen molar-refractivity contribution < 1.29 is 14.6 Å². The Morgan fingerprint density at radius 3 is 2.76 bits per heavy atom. The zero-order valence-electron chi connectivity index (χ0n) is 15.6. The lowest BCUT2D eigenvalue weighted by Crippen LogP contribution is -2.28. The first-order chi connectivity index (χ1) is 13.9. The van der Waals surface area contributed by atoms with Gasteiger partial charge in [0.2, 0.25) is 0 Å². The molecule has 0 aliphatic heterocycles. The molecular weight excluding hydrogens is 396 g/mol. The van der Waals surface area contributed by atoms with Crippen LogP contribution in [0.25, 0.3) is 10.8 Å². The summed E-state index contributed by atoms with van der Waals surface area (Å²) in [5.74, 6) is -0.701. The number of aliphatic carboxylic acids is 1. The van der Waals surface area contributed by atoms with Gasteiger partial charge in [-0.15, -0.1) is 0 Å². The number of benzene rings is 1. The number of hydrogen-bond donors (Lipinski definition) is 3. The number of nitrogens with zero attached hydrogens (tertiary/aromatic N) is 2. The Morgan fingerprint density at radius 2 is 2.07 bits per heavy atom. The highest BCUT2D eigenvalue weighted by Gasteiger charge is 2.17. The first-order valence-electron chi connectivity index (χ1n) is 8.86. The SMILES string of the molecule is CCOC1=C(Cl)C(=N)/C(=C\NCc2nn(CC(=O)O)c(=O)c3ccccc23)C=C1. The van der Waals surface area contributed by atoms with Crippen LogP contribution in [-0.2, 0) is 22.6 Å². The lowest BCUT2D eigenvalue weighted by Gasteiger charge is -2.15. The summed E-state index contributed by atoms with van der Waals surface area (Å²) in [6, 6.07) is 6.90. The van der Waals surface area contributed by atoms with Crippen molar-refractivity contribution in [1.82, 2.24) is 15.1 Å². The van der Waals surface area contributed by atoms with Crippen LogP contribution in [-0.4, -0.2) is 33.2 Å². The van der Waals surface area contributed by atoms with Crippen molar-refractivity contribution in [3.63, 3.8) is 0 Å². The third-order valence-corrected chi connectivity index (χ3v) is 4.57. The van der Waals surface area contributed by atoms with Crippen molar-refractivity contribution in [1.29, 1.82) is 5.41 Å². The fraction of sp³-hybridized carbons (Fsp3) is 0.200. The number of aromatic nitrogens is 2. The summed E-state index contributed by atoms with van der Waals surface area (Å²) in [6.07, 6.45) is 5.02. The molecule has 0 amide bonds. The Kier molecular flexibility index (Phi) is 6.13. The minimum atomic E-state index is -1.15. The van der Waals surface area contributed by atoms with E-state index in [1.165, 1.54) is 0 Å². The largest absolute Gasteiger partial charge is 0.492 e. The monoisotopic (exact) mass is 414 g/mol. The first-order valence-corrected chi connectivity index (χ1v) is 9.24. The lowest BCUT2D eigenvalue weighted by molar-refractivity contribution is -0.138. The summed E-state index contributed by atoms with van der Waals surface area (Å²) in [7, 11) is 0. The number of carboxylic acids is 1.